The minimum atomic E-state index is -0.797. The number of phenols is 1. The number of hydrogen-bond acceptors (Lipinski definition) is 9. The van der Waals surface area contributed by atoms with Crippen molar-refractivity contribution in [2.75, 3.05) is 41.0 Å². The Morgan fingerprint density at radius 2 is 1.64 bits per heavy atom. The molecule has 1 fully saturated rings. The first-order valence-electron chi connectivity index (χ1n) is 16.4. The summed E-state index contributed by atoms with van der Waals surface area (Å²) in [6.07, 6.45) is 4.63. The number of nitrogens with one attached hydrogen (secondary N) is 2. The number of pyridine rings is 1. The van der Waals surface area contributed by atoms with Gasteiger partial charge in [-0.2, -0.15) is 0 Å². The van der Waals surface area contributed by atoms with Crippen molar-refractivity contribution in [3.05, 3.63) is 117 Å². The van der Waals surface area contributed by atoms with E-state index in [2.05, 4.69) is 22.2 Å². The third-order valence-corrected chi connectivity index (χ3v) is 9.53. The van der Waals surface area contributed by atoms with Crippen molar-refractivity contribution in [2.24, 2.45) is 5.92 Å². The van der Waals surface area contributed by atoms with Crippen LogP contribution < -0.4 is 19.8 Å². The lowest BCUT2D eigenvalue weighted by Gasteiger charge is -2.29. The van der Waals surface area contributed by atoms with Crippen LogP contribution in [0.15, 0.2) is 79.1 Å². The number of carbonyl (C=O) groups is 2. The summed E-state index contributed by atoms with van der Waals surface area (Å²) in [5.41, 5.74) is 3.03. The Hall–Kier alpha value is -4.35. The number of piperidine rings is 1. The average molecular weight is 724 g/mol. The van der Waals surface area contributed by atoms with Crippen LogP contribution in [0.2, 0.25) is 10.0 Å². The maximum Gasteiger partial charge on any atom is 0.338 e. The Balaban J connectivity index is 1.28. The molecule has 10 nitrogen and oxygen atoms in total. The number of benzene rings is 3. The second-order valence-electron chi connectivity index (χ2n) is 12.3. The molecular weight excluding hydrogens is 681 g/mol. The molecule has 3 aromatic carbocycles. The maximum atomic E-state index is 13.5. The van der Waals surface area contributed by atoms with Crippen molar-refractivity contribution in [3.63, 3.8) is 0 Å². The fourth-order valence-corrected chi connectivity index (χ4v) is 6.40. The van der Waals surface area contributed by atoms with Gasteiger partial charge in [-0.15, -0.1) is 0 Å². The molecule has 4 aromatic rings. The molecule has 0 spiro atoms. The number of H-pyrrole nitrogens is 1. The summed E-state index contributed by atoms with van der Waals surface area (Å²) in [7, 11) is 5.17. The summed E-state index contributed by atoms with van der Waals surface area (Å²) >= 11 is 12.9. The molecule has 50 heavy (non-hydrogen) atoms. The van der Waals surface area contributed by atoms with E-state index in [1.54, 1.807) is 86.2 Å². The van der Waals surface area contributed by atoms with Crippen molar-refractivity contribution >= 4 is 35.1 Å². The van der Waals surface area contributed by atoms with Crippen molar-refractivity contribution < 1.29 is 38.6 Å². The number of carbonyl (C=O) groups excluding carboxylic acids is 2. The van der Waals surface area contributed by atoms with Gasteiger partial charge in [0.05, 0.1) is 26.4 Å². The number of rotatable bonds is 14. The smallest absolute Gasteiger partial charge is 0.338 e. The van der Waals surface area contributed by atoms with E-state index < -0.39 is 24.1 Å². The molecule has 0 saturated carbocycles. The van der Waals surface area contributed by atoms with E-state index in [9.17, 15) is 14.7 Å². The molecule has 2 heterocycles. The highest BCUT2D eigenvalue weighted by Gasteiger charge is 2.26. The van der Waals surface area contributed by atoms with E-state index in [1.165, 1.54) is 7.11 Å². The number of methoxy groups -OCH3 is 2. The number of hydrogen-bond donors (Lipinski definition) is 2. The second-order valence-corrected chi connectivity index (χ2v) is 13.1. The van der Waals surface area contributed by atoms with Gasteiger partial charge in [0, 0.05) is 18.5 Å². The normalized spacial score (nSPS) is 14.8. The lowest BCUT2D eigenvalue weighted by molar-refractivity contribution is -0.377. The molecule has 1 aromatic heterocycles. The molecule has 5 rings (SSSR count). The molecule has 3 N–H and O–H groups in total. The number of esters is 2. The van der Waals surface area contributed by atoms with E-state index >= 15 is 0 Å². The molecule has 1 saturated heterocycles. The predicted molar refractivity (Wildman–Crippen MR) is 190 cm³/mol. The zero-order valence-electron chi connectivity index (χ0n) is 28.3. The monoisotopic (exact) mass is 722 g/mol. The van der Waals surface area contributed by atoms with Gasteiger partial charge in [0.2, 0.25) is 0 Å². The summed E-state index contributed by atoms with van der Waals surface area (Å²) in [5, 5.41) is 14.2. The zero-order chi connectivity index (χ0) is 35.6. The number of ether oxygens (including phenoxy) is 4. The maximum absolute atomic E-state index is 13.5. The van der Waals surface area contributed by atoms with E-state index in [4.69, 9.17) is 42.1 Å². The van der Waals surface area contributed by atoms with Gasteiger partial charge in [0.25, 0.3) is 0 Å². The Morgan fingerprint density at radius 3 is 2.30 bits per heavy atom. The molecule has 0 amide bonds. The number of nitrogens with zero attached hydrogens (tertiary/aromatic N) is 1. The minimum Gasteiger partial charge on any atom is -0.508 e. The highest BCUT2D eigenvalue weighted by atomic mass is 35.5. The fraction of sp³-hybridized carbons (Fsp3) is 0.342. The van der Waals surface area contributed by atoms with E-state index in [0.717, 1.165) is 31.5 Å². The molecule has 2 atom stereocenters. The van der Waals surface area contributed by atoms with E-state index in [0.29, 0.717) is 62.9 Å². The summed E-state index contributed by atoms with van der Waals surface area (Å²) < 4.78 is 22.7. The molecule has 264 valence electrons. The van der Waals surface area contributed by atoms with Crippen LogP contribution in [-0.4, -0.2) is 62.9 Å². The topological polar surface area (TPSA) is 121 Å². The van der Waals surface area contributed by atoms with Crippen LogP contribution >= 0.6 is 23.2 Å². The zero-order valence-corrected chi connectivity index (χ0v) is 29.8. The highest BCUT2D eigenvalue weighted by molar-refractivity contribution is 6.35. The minimum absolute atomic E-state index is 0.0572. The van der Waals surface area contributed by atoms with Crippen molar-refractivity contribution in [1.29, 1.82) is 0 Å². The molecule has 1 unspecified atom stereocenters. The number of phenolic OH excluding ortho intramolecular Hbond substituents is 1. The van der Waals surface area contributed by atoms with Crippen LogP contribution in [-0.2, 0) is 27.2 Å². The predicted octanol–water partition coefficient (Wildman–Crippen LogP) is 6.39. The van der Waals surface area contributed by atoms with Crippen LogP contribution in [0.4, 0.5) is 0 Å². The van der Waals surface area contributed by atoms with Crippen LogP contribution in [0.5, 0.6) is 17.2 Å². The third-order valence-electron chi connectivity index (χ3n) is 8.85. The van der Waals surface area contributed by atoms with Crippen molar-refractivity contribution in [3.8, 4) is 17.2 Å². The van der Waals surface area contributed by atoms with Gasteiger partial charge < -0.3 is 29.0 Å². The van der Waals surface area contributed by atoms with Crippen molar-refractivity contribution in [1.82, 2.24) is 10.2 Å². The largest absolute Gasteiger partial charge is 0.508 e. The summed E-state index contributed by atoms with van der Waals surface area (Å²) in [5.74, 6) is 0.436. The van der Waals surface area contributed by atoms with Gasteiger partial charge in [-0.25, -0.2) is 14.6 Å². The van der Waals surface area contributed by atoms with Gasteiger partial charge in [0.15, 0.2) is 23.9 Å². The lowest BCUT2D eigenvalue weighted by atomic mass is 9.98. The van der Waals surface area contributed by atoms with Gasteiger partial charge in [-0.05, 0) is 92.0 Å². The number of aromatic nitrogens is 1. The molecule has 0 aliphatic carbocycles. The van der Waals surface area contributed by atoms with Crippen LogP contribution in [0.1, 0.15) is 57.6 Å². The third kappa shape index (κ3) is 9.66. The Bertz CT molecular complexity index is 1740. The number of aromatic hydroxyl groups is 1. The summed E-state index contributed by atoms with van der Waals surface area (Å²) in [6, 6.07) is 18.0. The Morgan fingerprint density at radius 1 is 0.940 bits per heavy atom. The number of aromatic amines is 1. The Labute approximate surface area is 302 Å². The highest BCUT2D eigenvalue weighted by Crippen LogP contribution is 2.35. The first-order chi connectivity index (χ1) is 24.1. The van der Waals surface area contributed by atoms with E-state index in [-0.39, 0.29) is 12.2 Å². The SMILES string of the molecule is COc1ccc([C@H](Cc2c(Cl)c[nH+]cc2Cl)OC(=O)c2ccc(CNC(C(=O)OCC3CCN(C)CC3)c3cccc(O)c3)cc2)cc1OC. The van der Waals surface area contributed by atoms with Crippen molar-refractivity contribution in [2.45, 2.75) is 38.0 Å². The quantitative estimate of drug-likeness (QED) is 0.143. The second kappa shape index (κ2) is 17.5. The average Bonchev–Trinajstić information content (AvgIpc) is 3.12. The first-order valence-corrected chi connectivity index (χ1v) is 17.1. The molecule has 0 radical (unpaired) electrons. The van der Waals surface area contributed by atoms with Crippen LogP contribution in [0.25, 0.3) is 0 Å². The molecule has 1 aliphatic rings. The molecular formula is C38H42Cl2N3O7+. The molecule has 1 aliphatic heterocycles. The Kier molecular flexibility index (Phi) is 12.9. The number of likely N-dealkylation sites (tertiary alicyclic amines) is 1. The van der Waals surface area contributed by atoms with Crippen LogP contribution in [0.3, 0.4) is 0 Å². The van der Waals surface area contributed by atoms with Gasteiger partial charge in [-0.1, -0.05) is 53.5 Å². The van der Waals surface area contributed by atoms with E-state index in [1.807, 2.05) is 0 Å². The summed E-state index contributed by atoms with van der Waals surface area (Å²) in [6.45, 7) is 2.61. The molecule has 0 bridgehead atoms. The molecule has 12 heteroatoms. The lowest BCUT2D eigenvalue weighted by Crippen LogP contribution is -2.34. The standard InChI is InChI=1S/C38H41Cl2N3O7/c1-43-15-13-25(14-16-43)23-49-38(46)36(28-5-4-6-29(44)17-28)42-20-24-7-9-26(10-8-24)37(45)50-34(19-30-31(39)21-41-22-32(30)40)27-11-12-33(47-2)35(18-27)48-3/h4-12,17-18,21-22,25,34,36,42,44H,13-16,19-20,23H2,1-3H3/p+1/t34-,36?/m0/s1. The fourth-order valence-electron chi connectivity index (χ4n) is 5.87. The number of halogens is 2. The van der Waals surface area contributed by atoms with Gasteiger partial charge in [0.1, 0.15) is 27.9 Å². The summed E-state index contributed by atoms with van der Waals surface area (Å²) in [4.78, 5) is 32.0. The van der Waals surface area contributed by atoms with Crippen LogP contribution in [0, 0.1) is 5.92 Å². The van der Waals surface area contributed by atoms with Gasteiger partial charge >= 0.3 is 11.9 Å². The first kappa shape index (κ1) is 36.9. The van der Waals surface area contributed by atoms with Gasteiger partial charge in [-0.3, -0.25) is 5.32 Å².